The first-order valence-electron chi connectivity index (χ1n) is 11.2. The number of furan rings is 1. The molecular weight excluding hydrogens is 486 g/mol. The lowest BCUT2D eigenvalue weighted by Crippen LogP contribution is -2.45. The van der Waals surface area contributed by atoms with E-state index in [1.807, 2.05) is 19.1 Å². The number of primary amides is 1. The molecule has 0 fully saturated rings. The minimum absolute atomic E-state index is 0.0684. The summed E-state index contributed by atoms with van der Waals surface area (Å²) in [6.45, 7) is 4.99. The summed E-state index contributed by atoms with van der Waals surface area (Å²) in [6.07, 6.45) is 0.541. The maximum atomic E-state index is 14.0. The highest BCUT2D eigenvalue weighted by molar-refractivity contribution is 7.09. The molecule has 11 nitrogen and oxygen atoms in total. The minimum Gasteiger partial charge on any atom is -0.465 e. The Kier molecular flexibility index (Phi) is 8.43. The Morgan fingerprint density at radius 3 is 2.47 bits per heavy atom. The van der Waals surface area contributed by atoms with E-state index in [1.54, 1.807) is 38.1 Å². The minimum atomic E-state index is -1.33. The molecule has 0 aliphatic carbocycles. The van der Waals surface area contributed by atoms with E-state index in [1.165, 1.54) is 4.90 Å². The standard InChI is InChI=1S/C24H27N5O6S/c1-4-14-8-6-7-9-15(14)29(24(33)21-18(25)19(22(26)31)28-36-21)20(16-11-10-13(3)35-16)23(32)27-12-17(30)34-5-2/h6-11,20H,4-5,12,25H2,1-3H3,(H2,26,31)(H,27,32). The SMILES string of the molecule is CCOC(=O)CNC(=O)C(c1ccc(C)o1)N(C(=O)c1snc(C(N)=O)c1N)c1ccccc1CC. The molecular formula is C24H27N5O6S. The fourth-order valence-corrected chi connectivity index (χ4v) is 4.33. The second-order valence-corrected chi connectivity index (χ2v) is 8.44. The van der Waals surface area contributed by atoms with Gasteiger partial charge in [0.25, 0.3) is 17.7 Å². The van der Waals surface area contributed by atoms with Gasteiger partial charge in [0.05, 0.1) is 12.3 Å². The maximum Gasteiger partial charge on any atom is 0.325 e. The predicted octanol–water partition coefficient (Wildman–Crippen LogP) is 2.36. The van der Waals surface area contributed by atoms with Gasteiger partial charge >= 0.3 is 5.97 Å². The van der Waals surface area contributed by atoms with Gasteiger partial charge in [0.2, 0.25) is 0 Å². The van der Waals surface area contributed by atoms with E-state index in [0.29, 0.717) is 29.4 Å². The van der Waals surface area contributed by atoms with Crippen molar-refractivity contribution in [3.63, 3.8) is 0 Å². The van der Waals surface area contributed by atoms with E-state index in [2.05, 4.69) is 9.69 Å². The first-order chi connectivity index (χ1) is 17.2. The van der Waals surface area contributed by atoms with Crippen LogP contribution in [0.5, 0.6) is 0 Å². The zero-order chi connectivity index (χ0) is 26.4. The summed E-state index contributed by atoms with van der Waals surface area (Å²) in [6, 6.07) is 8.94. The second-order valence-electron chi connectivity index (χ2n) is 7.67. The highest BCUT2D eigenvalue weighted by Crippen LogP contribution is 2.35. The van der Waals surface area contributed by atoms with Crippen LogP contribution in [0.15, 0.2) is 40.8 Å². The lowest BCUT2D eigenvalue weighted by Gasteiger charge is -2.31. The molecule has 190 valence electrons. The number of aryl methyl sites for hydroxylation is 2. The molecule has 3 amide bonds. The summed E-state index contributed by atoms with van der Waals surface area (Å²) in [7, 11) is 0. The normalized spacial score (nSPS) is 11.5. The van der Waals surface area contributed by atoms with Gasteiger partial charge in [-0.3, -0.25) is 24.1 Å². The van der Waals surface area contributed by atoms with Crippen molar-refractivity contribution in [2.24, 2.45) is 5.73 Å². The number of carbonyl (C=O) groups excluding carboxylic acids is 4. The molecule has 36 heavy (non-hydrogen) atoms. The van der Waals surface area contributed by atoms with Crippen molar-refractivity contribution in [2.45, 2.75) is 33.2 Å². The van der Waals surface area contributed by atoms with Crippen molar-refractivity contribution in [3.8, 4) is 0 Å². The number of rotatable bonds is 10. The topological polar surface area (TPSA) is 171 Å². The van der Waals surface area contributed by atoms with E-state index in [4.69, 9.17) is 20.6 Å². The van der Waals surface area contributed by atoms with Crippen molar-refractivity contribution in [3.05, 3.63) is 64.1 Å². The van der Waals surface area contributed by atoms with E-state index >= 15 is 0 Å². The van der Waals surface area contributed by atoms with Crippen LogP contribution in [0.2, 0.25) is 0 Å². The van der Waals surface area contributed by atoms with Crippen LogP contribution < -0.4 is 21.7 Å². The van der Waals surface area contributed by atoms with Crippen LogP contribution in [0.25, 0.3) is 0 Å². The largest absolute Gasteiger partial charge is 0.465 e. The van der Waals surface area contributed by atoms with Crippen LogP contribution in [0.4, 0.5) is 11.4 Å². The number of aromatic nitrogens is 1. The fraction of sp³-hybridized carbons (Fsp3) is 0.292. The lowest BCUT2D eigenvalue weighted by molar-refractivity contribution is -0.143. The van der Waals surface area contributed by atoms with Gasteiger partial charge in [-0.05, 0) is 55.6 Å². The van der Waals surface area contributed by atoms with Crippen molar-refractivity contribution >= 4 is 46.6 Å². The second kappa shape index (κ2) is 11.5. The van der Waals surface area contributed by atoms with Crippen molar-refractivity contribution in [2.75, 3.05) is 23.8 Å². The van der Waals surface area contributed by atoms with E-state index in [-0.39, 0.29) is 28.6 Å². The molecule has 1 atom stereocenters. The Hall–Kier alpha value is -4.19. The predicted molar refractivity (Wildman–Crippen MR) is 134 cm³/mol. The van der Waals surface area contributed by atoms with E-state index in [9.17, 15) is 19.2 Å². The molecule has 5 N–H and O–H groups in total. The number of benzene rings is 1. The van der Waals surface area contributed by atoms with Crippen LogP contribution >= 0.6 is 11.5 Å². The highest BCUT2D eigenvalue weighted by Gasteiger charge is 2.38. The maximum absolute atomic E-state index is 14.0. The number of amides is 3. The summed E-state index contributed by atoms with van der Waals surface area (Å²) in [5.41, 5.74) is 12.2. The zero-order valence-corrected chi connectivity index (χ0v) is 20.9. The molecule has 0 aliphatic heterocycles. The van der Waals surface area contributed by atoms with Gasteiger partial charge in [-0.2, -0.15) is 4.37 Å². The van der Waals surface area contributed by atoms with Gasteiger partial charge in [0.15, 0.2) is 11.7 Å². The van der Waals surface area contributed by atoms with Crippen molar-refractivity contribution < 1.29 is 28.3 Å². The van der Waals surface area contributed by atoms with Crippen LogP contribution in [0.1, 0.15) is 57.1 Å². The third-order valence-electron chi connectivity index (χ3n) is 5.26. The zero-order valence-electron chi connectivity index (χ0n) is 20.1. The molecule has 2 aromatic heterocycles. The van der Waals surface area contributed by atoms with Gasteiger partial charge in [-0.1, -0.05) is 25.1 Å². The van der Waals surface area contributed by atoms with Gasteiger partial charge < -0.3 is 25.9 Å². The van der Waals surface area contributed by atoms with Gasteiger partial charge in [-0.25, -0.2) is 0 Å². The summed E-state index contributed by atoms with van der Waals surface area (Å²) in [5, 5.41) is 2.52. The Morgan fingerprint density at radius 1 is 1.17 bits per heavy atom. The van der Waals surface area contributed by atoms with Crippen molar-refractivity contribution in [1.29, 1.82) is 0 Å². The molecule has 0 spiro atoms. The smallest absolute Gasteiger partial charge is 0.325 e. The third kappa shape index (κ3) is 5.54. The van der Waals surface area contributed by atoms with Crippen molar-refractivity contribution in [1.82, 2.24) is 9.69 Å². The van der Waals surface area contributed by atoms with Gasteiger partial charge in [0.1, 0.15) is 22.9 Å². The molecule has 0 bridgehead atoms. The average Bonchev–Trinajstić information content (AvgIpc) is 3.46. The fourth-order valence-electron chi connectivity index (χ4n) is 3.59. The van der Waals surface area contributed by atoms with Crippen LogP contribution in [-0.2, 0) is 20.7 Å². The Balaban J connectivity index is 2.17. The van der Waals surface area contributed by atoms with Gasteiger partial charge in [-0.15, -0.1) is 0 Å². The summed E-state index contributed by atoms with van der Waals surface area (Å²) >= 11 is 0.700. The summed E-state index contributed by atoms with van der Waals surface area (Å²) in [5.74, 6) is -2.22. The van der Waals surface area contributed by atoms with Crippen LogP contribution in [0, 0.1) is 6.92 Å². The molecule has 0 saturated carbocycles. The van der Waals surface area contributed by atoms with E-state index < -0.39 is 36.3 Å². The highest BCUT2D eigenvalue weighted by atomic mass is 32.1. The quantitative estimate of drug-likeness (QED) is 0.347. The number of hydrogen-bond donors (Lipinski definition) is 3. The number of anilines is 2. The molecule has 1 unspecified atom stereocenters. The number of nitrogens with two attached hydrogens (primary N) is 2. The molecule has 3 rings (SSSR count). The Morgan fingerprint density at radius 2 is 1.89 bits per heavy atom. The molecule has 3 aromatic rings. The first-order valence-corrected chi connectivity index (χ1v) is 11.9. The molecule has 0 radical (unpaired) electrons. The summed E-state index contributed by atoms with van der Waals surface area (Å²) in [4.78, 5) is 52.3. The number of para-hydroxylation sites is 1. The Bertz CT molecular complexity index is 1280. The van der Waals surface area contributed by atoms with Crippen LogP contribution in [0.3, 0.4) is 0 Å². The third-order valence-corrected chi connectivity index (χ3v) is 6.11. The monoisotopic (exact) mass is 513 g/mol. The molecule has 1 aromatic carbocycles. The average molecular weight is 514 g/mol. The number of hydrogen-bond acceptors (Lipinski definition) is 9. The number of carbonyl (C=O) groups is 4. The number of esters is 1. The molecule has 0 aliphatic rings. The number of nitrogens with zero attached hydrogens (tertiary/aromatic N) is 2. The number of nitrogens with one attached hydrogen (secondary N) is 1. The number of ether oxygens (including phenoxy) is 1. The summed E-state index contributed by atoms with van der Waals surface area (Å²) < 4.78 is 14.6. The molecule has 0 saturated heterocycles. The van der Waals surface area contributed by atoms with Crippen LogP contribution in [-0.4, -0.2) is 41.2 Å². The Labute approximate surface area is 211 Å². The molecule has 12 heteroatoms. The lowest BCUT2D eigenvalue weighted by atomic mass is 10.0. The first kappa shape index (κ1) is 26.4. The van der Waals surface area contributed by atoms with Gasteiger partial charge in [0, 0.05) is 5.69 Å². The number of nitrogen functional groups attached to an aromatic ring is 1. The van der Waals surface area contributed by atoms with E-state index in [0.717, 1.165) is 5.56 Å². The molecule has 2 heterocycles.